The summed E-state index contributed by atoms with van der Waals surface area (Å²) in [6.45, 7) is 0. The lowest BCUT2D eigenvalue weighted by Gasteiger charge is -2.15. The number of benzene rings is 6. The second-order valence-electron chi connectivity index (χ2n) is 18.3. The first-order valence-electron chi connectivity index (χ1n) is 26.0. The number of urea groups is 3. The van der Waals surface area contributed by atoms with Crippen LogP contribution in [0.3, 0.4) is 0 Å². The number of alkyl halides is 9. The first-order valence-corrected chi connectivity index (χ1v) is 26.0. The van der Waals surface area contributed by atoms with Crippen LogP contribution in [0.15, 0.2) is 201 Å². The predicted octanol–water partition coefficient (Wildman–Crippen LogP) is 14.2. The molecule has 3 aromatic heterocycles. The van der Waals surface area contributed by atoms with E-state index < -0.39 is 71.0 Å². The maximum Gasteiger partial charge on any atom is 0.417 e. The van der Waals surface area contributed by atoms with Crippen molar-refractivity contribution in [2.24, 2.45) is 0 Å². The van der Waals surface area contributed by atoms with Crippen molar-refractivity contribution in [1.29, 1.82) is 0 Å². The number of amides is 9. The molecular formula is C63H48F9N9O9. The number of aromatic nitrogens is 3. The lowest BCUT2D eigenvalue weighted by molar-refractivity contribution is -0.137. The minimum atomic E-state index is -4.64. The molecule has 0 aliphatic heterocycles. The van der Waals surface area contributed by atoms with Crippen LogP contribution in [-0.2, 0) is 18.5 Å². The van der Waals surface area contributed by atoms with E-state index in [2.05, 4.69) is 30.9 Å². The number of carbonyl (C=O) groups excluding carboxylic acids is 6. The third-order valence-corrected chi connectivity index (χ3v) is 12.4. The number of carbonyl (C=O) groups is 6. The van der Waals surface area contributed by atoms with Crippen LogP contribution in [0, 0.1) is 0 Å². The number of imide groups is 3. The molecule has 0 bridgehead atoms. The van der Waals surface area contributed by atoms with Gasteiger partial charge in [-0.05, 0) is 88.0 Å². The normalized spacial score (nSPS) is 10.9. The Morgan fingerprint density at radius 2 is 0.589 bits per heavy atom. The molecule has 90 heavy (non-hydrogen) atoms. The highest BCUT2D eigenvalue weighted by molar-refractivity contribution is 6.11. The third-order valence-electron chi connectivity index (χ3n) is 12.4. The first kappa shape index (κ1) is 65.9. The number of ether oxygens (including phenoxy) is 3. The lowest BCUT2D eigenvalue weighted by Crippen LogP contribution is -2.34. The van der Waals surface area contributed by atoms with Gasteiger partial charge >= 0.3 is 36.6 Å². The Morgan fingerprint density at radius 3 is 0.811 bits per heavy atom. The summed E-state index contributed by atoms with van der Waals surface area (Å²) in [6, 6.07) is 35.8. The summed E-state index contributed by atoms with van der Waals surface area (Å²) in [5.74, 6) is -1.84. The van der Waals surface area contributed by atoms with E-state index in [4.69, 9.17) is 14.2 Å². The Balaban J connectivity index is 0.000000192. The van der Waals surface area contributed by atoms with Crippen LogP contribution < -0.4 is 46.1 Å². The lowest BCUT2D eigenvalue weighted by atomic mass is 9.98. The number of nitrogens with one attached hydrogen (secondary N) is 6. The van der Waals surface area contributed by atoms with E-state index in [-0.39, 0.29) is 67.7 Å². The molecule has 6 aromatic carbocycles. The Hall–Kier alpha value is -11.6. The van der Waals surface area contributed by atoms with Gasteiger partial charge in [-0.25, -0.2) is 14.4 Å². The zero-order chi connectivity index (χ0) is 65.2. The van der Waals surface area contributed by atoms with Crippen LogP contribution in [0.2, 0.25) is 0 Å². The van der Waals surface area contributed by atoms with E-state index in [0.29, 0.717) is 16.7 Å². The van der Waals surface area contributed by atoms with Crippen molar-refractivity contribution in [3.8, 4) is 50.6 Å². The number of anilines is 3. The van der Waals surface area contributed by atoms with Crippen molar-refractivity contribution in [1.82, 2.24) is 30.9 Å². The van der Waals surface area contributed by atoms with Gasteiger partial charge in [-0.3, -0.25) is 45.3 Å². The van der Waals surface area contributed by atoms with Crippen molar-refractivity contribution >= 4 is 52.9 Å². The molecule has 0 atom stereocenters. The molecule has 9 amide bonds. The van der Waals surface area contributed by atoms with E-state index in [1.54, 1.807) is 91.0 Å². The number of hydrogen-bond acceptors (Lipinski definition) is 12. The number of hydrogen-bond donors (Lipinski definition) is 6. The summed E-state index contributed by atoms with van der Waals surface area (Å²) in [6.07, 6.45) is -6.09. The summed E-state index contributed by atoms with van der Waals surface area (Å²) < 4.78 is 137. The Morgan fingerprint density at radius 1 is 0.344 bits per heavy atom. The SMILES string of the molecule is COc1ccncc1C(=O)NC(=O)Nc1ccc(-c2ccccc2)c(C(F)(F)F)c1.COc1ccncc1C(=O)NC(=O)Nc1ccc(-c2ccccc2)c(C(F)(F)F)c1.COc1ccncc1C(=O)NC(=O)Nc1ccc(-c2ccccc2)c(C(F)(F)F)c1. The highest BCUT2D eigenvalue weighted by Crippen LogP contribution is 2.41. The zero-order valence-corrected chi connectivity index (χ0v) is 47.0. The Labute approximate surface area is 505 Å². The van der Waals surface area contributed by atoms with Crippen molar-refractivity contribution in [2.75, 3.05) is 37.3 Å². The summed E-state index contributed by atoms with van der Waals surface area (Å²) in [7, 11) is 4.04. The largest absolute Gasteiger partial charge is 0.496 e. The van der Waals surface area contributed by atoms with Crippen LogP contribution in [-0.4, -0.2) is 72.1 Å². The average Bonchev–Trinajstić information content (AvgIpc) is 0.977. The van der Waals surface area contributed by atoms with E-state index in [1.165, 1.54) is 113 Å². The molecule has 462 valence electrons. The fourth-order valence-electron chi connectivity index (χ4n) is 8.37. The third kappa shape index (κ3) is 17.7. The Kier molecular flexibility index (Phi) is 21.7. The van der Waals surface area contributed by atoms with Gasteiger partial charge in [0.25, 0.3) is 17.7 Å². The van der Waals surface area contributed by atoms with Crippen molar-refractivity contribution in [3.63, 3.8) is 0 Å². The fraction of sp³-hybridized carbons (Fsp3) is 0.0952. The zero-order valence-electron chi connectivity index (χ0n) is 47.0. The topological polar surface area (TPSA) is 241 Å². The molecule has 0 radical (unpaired) electrons. The maximum atomic E-state index is 13.6. The second-order valence-corrected chi connectivity index (χ2v) is 18.3. The van der Waals surface area contributed by atoms with Crippen LogP contribution in [0.1, 0.15) is 47.8 Å². The number of methoxy groups -OCH3 is 3. The van der Waals surface area contributed by atoms with Gasteiger partial charge in [0.2, 0.25) is 0 Å². The van der Waals surface area contributed by atoms with Crippen LogP contribution in [0.25, 0.3) is 33.4 Å². The molecule has 6 N–H and O–H groups in total. The van der Waals surface area contributed by atoms with Gasteiger partial charge in [0.1, 0.15) is 33.9 Å². The van der Waals surface area contributed by atoms with Gasteiger partial charge in [-0.1, -0.05) is 109 Å². The molecule has 18 nitrogen and oxygen atoms in total. The molecule has 9 rings (SSSR count). The molecule has 3 heterocycles. The Bertz CT molecular complexity index is 3620. The van der Waals surface area contributed by atoms with Gasteiger partial charge in [-0.15, -0.1) is 0 Å². The summed E-state index contributed by atoms with van der Waals surface area (Å²) in [5, 5.41) is 12.8. The van der Waals surface area contributed by atoms with Gasteiger partial charge in [0.05, 0.1) is 38.0 Å². The number of halogens is 9. The standard InChI is InChI=1S/3C21H16F3N3O3/c3*1-30-18-9-10-25-12-16(18)19(28)27-20(29)26-14-7-8-15(13-5-3-2-4-6-13)17(11-14)21(22,23)24/h3*2-12H,1H3,(H2,26,27,28,29). The minimum absolute atomic E-state index is 0.00514. The molecule has 0 unspecified atom stereocenters. The molecule has 0 saturated carbocycles. The number of pyridine rings is 3. The molecule has 27 heteroatoms. The van der Waals surface area contributed by atoms with E-state index in [1.807, 2.05) is 16.0 Å². The highest BCUT2D eigenvalue weighted by atomic mass is 19.4. The summed E-state index contributed by atoms with van der Waals surface area (Å²) in [5.41, 5.74) is -1.98. The minimum Gasteiger partial charge on any atom is -0.496 e. The summed E-state index contributed by atoms with van der Waals surface area (Å²) >= 11 is 0. The average molecular weight is 1250 g/mol. The smallest absolute Gasteiger partial charge is 0.417 e. The van der Waals surface area contributed by atoms with Gasteiger partial charge in [-0.2, -0.15) is 39.5 Å². The van der Waals surface area contributed by atoms with Crippen LogP contribution >= 0.6 is 0 Å². The molecule has 0 spiro atoms. The summed E-state index contributed by atoms with van der Waals surface area (Å²) in [4.78, 5) is 84.4. The molecule has 0 aliphatic rings. The molecule has 0 saturated heterocycles. The molecule has 0 aliphatic carbocycles. The maximum absolute atomic E-state index is 13.6. The van der Waals surface area contributed by atoms with Crippen molar-refractivity contribution < 1.29 is 82.5 Å². The van der Waals surface area contributed by atoms with Crippen molar-refractivity contribution in [2.45, 2.75) is 18.5 Å². The van der Waals surface area contributed by atoms with E-state index in [0.717, 1.165) is 18.2 Å². The number of rotatable bonds is 12. The molecular weight excluding hydrogens is 1200 g/mol. The van der Waals surface area contributed by atoms with E-state index in [9.17, 15) is 68.3 Å². The fourth-order valence-corrected chi connectivity index (χ4v) is 8.37. The van der Waals surface area contributed by atoms with Gasteiger partial charge < -0.3 is 30.2 Å². The van der Waals surface area contributed by atoms with E-state index >= 15 is 0 Å². The highest BCUT2D eigenvalue weighted by Gasteiger charge is 2.37. The molecule has 9 aromatic rings. The quantitative estimate of drug-likeness (QED) is 0.0626. The van der Waals surface area contributed by atoms with Crippen LogP contribution in [0.5, 0.6) is 17.2 Å². The number of nitrogens with zero attached hydrogens (tertiary/aromatic N) is 3. The second kappa shape index (κ2) is 29.6. The van der Waals surface area contributed by atoms with Gasteiger partial charge in [0.15, 0.2) is 0 Å². The monoisotopic (exact) mass is 1250 g/mol. The van der Waals surface area contributed by atoms with Crippen LogP contribution in [0.4, 0.5) is 71.0 Å². The predicted molar refractivity (Wildman–Crippen MR) is 312 cm³/mol. The van der Waals surface area contributed by atoms with Crippen molar-refractivity contribution in [3.05, 3.63) is 234 Å². The van der Waals surface area contributed by atoms with Gasteiger partial charge in [0, 0.05) is 54.2 Å². The first-order chi connectivity index (χ1) is 42.9. The molecule has 0 fully saturated rings.